The molecule has 2 nitrogen and oxygen atoms in total. The van der Waals surface area contributed by atoms with Gasteiger partial charge in [-0.25, -0.2) is 0 Å². The zero-order chi connectivity index (χ0) is 9.97. The molecule has 0 spiro atoms. The monoisotopic (exact) mass is 197 g/mol. The fourth-order valence-electron chi connectivity index (χ4n) is 2.21. The predicted molar refractivity (Wildman–Crippen MR) is 58.3 cm³/mol. The van der Waals surface area contributed by atoms with Crippen LogP contribution in [0.2, 0.25) is 0 Å². The Morgan fingerprint density at radius 3 is 2.79 bits per heavy atom. The van der Waals surface area contributed by atoms with E-state index in [1.807, 2.05) is 0 Å². The van der Waals surface area contributed by atoms with E-state index >= 15 is 0 Å². The molecule has 1 N–H and O–H groups in total. The SMILES string of the molecule is CC(C)C[C@H]1C[C@H](OCC2CC2)CN1. The molecule has 2 heteroatoms. The lowest BCUT2D eigenvalue weighted by molar-refractivity contribution is 0.0574. The summed E-state index contributed by atoms with van der Waals surface area (Å²) in [5.41, 5.74) is 0. The number of hydrogen-bond donors (Lipinski definition) is 1. The minimum Gasteiger partial charge on any atom is -0.377 e. The Morgan fingerprint density at radius 2 is 2.14 bits per heavy atom. The Hall–Kier alpha value is -0.0800. The van der Waals surface area contributed by atoms with Gasteiger partial charge in [0.05, 0.1) is 6.10 Å². The maximum atomic E-state index is 5.88. The van der Waals surface area contributed by atoms with E-state index in [1.165, 1.54) is 25.7 Å². The Bertz CT molecular complexity index is 177. The zero-order valence-electron chi connectivity index (χ0n) is 9.46. The van der Waals surface area contributed by atoms with E-state index in [1.54, 1.807) is 0 Å². The van der Waals surface area contributed by atoms with Crippen molar-refractivity contribution in [3.63, 3.8) is 0 Å². The lowest BCUT2D eigenvalue weighted by Crippen LogP contribution is -2.23. The van der Waals surface area contributed by atoms with E-state index in [0.29, 0.717) is 12.1 Å². The highest BCUT2D eigenvalue weighted by Gasteiger charge is 2.28. The quantitative estimate of drug-likeness (QED) is 0.729. The van der Waals surface area contributed by atoms with Crippen LogP contribution in [-0.4, -0.2) is 25.3 Å². The van der Waals surface area contributed by atoms with Crippen molar-refractivity contribution in [2.45, 2.75) is 51.7 Å². The van der Waals surface area contributed by atoms with Crippen LogP contribution in [0, 0.1) is 11.8 Å². The van der Waals surface area contributed by atoms with Crippen molar-refractivity contribution in [3.05, 3.63) is 0 Å². The van der Waals surface area contributed by atoms with Crippen molar-refractivity contribution in [2.75, 3.05) is 13.2 Å². The van der Waals surface area contributed by atoms with Crippen LogP contribution in [0.15, 0.2) is 0 Å². The van der Waals surface area contributed by atoms with E-state index in [4.69, 9.17) is 4.74 Å². The summed E-state index contributed by atoms with van der Waals surface area (Å²) in [5, 5.41) is 3.56. The average Bonchev–Trinajstić information content (AvgIpc) is 2.84. The maximum absolute atomic E-state index is 5.88. The van der Waals surface area contributed by atoms with Crippen molar-refractivity contribution in [1.29, 1.82) is 0 Å². The van der Waals surface area contributed by atoms with E-state index < -0.39 is 0 Å². The lowest BCUT2D eigenvalue weighted by atomic mass is 10.0. The van der Waals surface area contributed by atoms with Crippen LogP contribution < -0.4 is 5.32 Å². The largest absolute Gasteiger partial charge is 0.377 e. The first kappa shape index (κ1) is 10.4. The van der Waals surface area contributed by atoms with Crippen molar-refractivity contribution >= 4 is 0 Å². The molecule has 1 saturated carbocycles. The Morgan fingerprint density at radius 1 is 1.36 bits per heavy atom. The average molecular weight is 197 g/mol. The van der Waals surface area contributed by atoms with Crippen LogP contribution in [0.4, 0.5) is 0 Å². The second-order valence-electron chi connectivity index (χ2n) is 5.37. The predicted octanol–water partition coefficient (Wildman–Crippen LogP) is 2.19. The van der Waals surface area contributed by atoms with Gasteiger partial charge in [-0.05, 0) is 37.5 Å². The molecule has 0 radical (unpaired) electrons. The molecule has 2 fully saturated rings. The van der Waals surface area contributed by atoms with Gasteiger partial charge in [-0.3, -0.25) is 0 Å². The third-order valence-corrected chi connectivity index (χ3v) is 3.20. The summed E-state index contributed by atoms with van der Waals surface area (Å²) in [7, 11) is 0. The van der Waals surface area contributed by atoms with Gasteiger partial charge in [0.25, 0.3) is 0 Å². The fraction of sp³-hybridized carbons (Fsp3) is 1.00. The molecule has 0 amide bonds. The molecule has 1 saturated heterocycles. The highest BCUT2D eigenvalue weighted by atomic mass is 16.5. The summed E-state index contributed by atoms with van der Waals surface area (Å²) in [6, 6.07) is 0.708. The van der Waals surface area contributed by atoms with E-state index in [-0.39, 0.29) is 0 Å². The summed E-state index contributed by atoms with van der Waals surface area (Å²) >= 11 is 0. The first-order valence-corrected chi connectivity index (χ1v) is 6.09. The van der Waals surface area contributed by atoms with Gasteiger partial charge in [0.15, 0.2) is 0 Å². The van der Waals surface area contributed by atoms with Gasteiger partial charge in [-0.15, -0.1) is 0 Å². The van der Waals surface area contributed by atoms with Gasteiger partial charge in [-0.2, -0.15) is 0 Å². The van der Waals surface area contributed by atoms with Gasteiger partial charge in [0, 0.05) is 19.2 Å². The molecule has 0 aromatic carbocycles. The Balaban J connectivity index is 1.60. The normalized spacial score (nSPS) is 32.8. The van der Waals surface area contributed by atoms with Gasteiger partial charge in [0.1, 0.15) is 0 Å². The van der Waals surface area contributed by atoms with E-state index in [2.05, 4.69) is 19.2 Å². The number of rotatable bonds is 5. The van der Waals surface area contributed by atoms with E-state index in [0.717, 1.165) is 25.0 Å². The summed E-state index contributed by atoms with van der Waals surface area (Å²) in [4.78, 5) is 0. The van der Waals surface area contributed by atoms with Gasteiger partial charge < -0.3 is 10.1 Å². The van der Waals surface area contributed by atoms with Crippen molar-refractivity contribution < 1.29 is 4.74 Å². The molecule has 0 bridgehead atoms. The first-order valence-electron chi connectivity index (χ1n) is 6.09. The maximum Gasteiger partial charge on any atom is 0.0714 e. The summed E-state index contributed by atoms with van der Waals surface area (Å²) in [6.07, 6.45) is 5.82. The standard InChI is InChI=1S/C12H23NO/c1-9(2)5-11-6-12(7-13-11)14-8-10-3-4-10/h9-13H,3-8H2,1-2H3/t11-,12-/m0/s1. The minimum absolute atomic E-state index is 0.499. The highest BCUT2D eigenvalue weighted by Crippen LogP contribution is 2.30. The third-order valence-electron chi connectivity index (χ3n) is 3.20. The summed E-state index contributed by atoms with van der Waals surface area (Å²) in [6.45, 7) is 6.67. The molecule has 82 valence electrons. The van der Waals surface area contributed by atoms with Crippen LogP contribution >= 0.6 is 0 Å². The van der Waals surface area contributed by atoms with E-state index in [9.17, 15) is 0 Å². The van der Waals surface area contributed by atoms with Crippen molar-refractivity contribution in [3.8, 4) is 0 Å². The fourth-order valence-corrected chi connectivity index (χ4v) is 2.21. The van der Waals surface area contributed by atoms with Crippen LogP contribution in [-0.2, 0) is 4.74 Å². The molecule has 2 rings (SSSR count). The zero-order valence-corrected chi connectivity index (χ0v) is 9.46. The molecule has 14 heavy (non-hydrogen) atoms. The number of nitrogens with one attached hydrogen (secondary N) is 1. The molecular weight excluding hydrogens is 174 g/mol. The molecule has 2 aliphatic rings. The second kappa shape index (κ2) is 4.63. The molecular formula is C12H23NO. The smallest absolute Gasteiger partial charge is 0.0714 e. The summed E-state index contributed by atoms with van der Waals surface area (Å²) < 4.78 is 5.88. The highest BCUT2D eigenvalue weighted by molar-refractivity contribution is 4.83. The first-order chi connectivity index (χ1) is 6.74. The Kier molecular flexibility index (Phi) is 3.45. The van der Waals surface area contributed by atoms with Crippen LogP contribution in [0.5, 0.6) is 0 Å². The van der Waals surface area contributed by atoms with Crippen molar-refractivity contribution in [1.82, 2.24) is 5.32 Å². The van der Waals surface area contributed by atoms with Crippen molar-refractivity contribution in [2.24, 2.45) is 11.8 Å². The topological polar surface area (TPSA) is 21.3 Å². The molecule has 0 unspecified atom stereocenters. The van der Waals surface area contributed by atoms with Gasteiger partial charge >= 0.3 is 0 Å². The molecule has 1 aliphatic carbocycles. The molecule has 1 heterocycles. The number of ether oxygens (including phenoxy) is 1. The molecule has 0 aromatic heterocycles. The summed E-state index contributed by atoms with van der Waals surface area (Å²) in [5.74, 6) is 1.70. The lowest BCUT2D eigenvalue weighted by Gasteiger charge is -2.13. The Labute approximate surface area is 87.4 Å². The molecule has 1 aliphatic heterocycles. The van der Waals surface area contributed by atoms with Crippen LogP contribution in [0.1, 0.15) is 39.5 Å². The van der Waals surface area contributed by atoms with Gasteiger partial charge in [0.2, 0.25) is 0 Å². The minimum atomic E-state index is 0.499. The van der Waals surface area contributed by atoms with Gasteiger partial charge in [-0.1, -0.05) is 13.8 Å². The molecule has 0 aromatic rings. The van der Waals surface area contributed by atoms with Crippen LogP contribution in [0.3, 0.4) is 0 Å². The molecule has 2 atom stereocenters. The third kappa shape index (κ3) is 3.25. The van der Waals surface area contributed by atoms with Crippen LogP contribution in [0.25, 0.3) is 0 Å². The number of hydrogen-bond acceptors (Lipinski definition) is 2. The second-order valence-corrected chi connectivity index (χ2v) is 5.37.